The van der Waals surface area contributed by atoms with E-state index >= 15 is 0 Å². The van der Waals surface area contributed by atoms with Gasteiger partial charge in [-0.1, -0.05) is 12.5 Å². The Labute approximate surface area is 78.0 Å². The Bertz CT molecular complexity index is 314. The van der Waals surface area contributed by atoms with Crippen LogP contribution in [0.3, 0.4) is 0 Å². The van der Waals surface area contributed by atoms with E-state index in [1.807, 2.05) is 18.3 Å². The highest BCUT2D eigenvalue weighted by Gasteiger charge is 2.42. The maximum Gasteiger partial charge on any atom is 0.140 e. The van der Waals surface area contributed by atoms with E-state index in [-0.39, 0.29) is 11.2 Å². The van der Waals surface area contributed by atoms with Gasteiger partial charge in [0.05, 0.1) is 5.41 Å². The van der Waals surface area contributed by atoms with Crippen LogP contribution >= 0.6 is 0 Å². The maximum absolute atomic E-state index is 11.5. The minimum absolute atomic E-state index is 0.186. The lowest BCUT2D eigenvalue weighted by atomic mass is 9.62. The Morgan fingerprint density at radius 3 is 2.69 bits per heavy atom. The molecule has 0 N–H and O–H groups in total. The summed E-state index contributed by atoms with van der Waals surface area (Å²) in [5, 5.41) is 0. The molecule has 1 aliphatic rings. The quantitative estimate of drug-likeness (QED) is 0.689. The summed E-state index contributed by atoms with van der Waals surface area (Å²) in [6, 6.07) is 3.91. The monoisotopic (exact) mass is 175 g/mol. The SMILES string of the molecule is CC(=O)C1(c2cccnc2)CCC1. The molecule has 1 aromatic heterocycles. The van der Waals surface area contributed by atoms with Gasteiger partial charge in [-0.2, -0.15) is 0 Å². The zero-order valence-corrected chi connectivity index (χ0v) is 7.79. The van der Waals surface area contributed by atoms with Gasteiger partial charge in [-0.15, -0.1) is 0 Å². The van der Waals surface area contributed by atoms with Crippen molar-refractivity contribution in [3.8, 4) is 0 Å². The molecular weight excluding hydrogens is 162 g/mol. The highest BCUT2D eigenvalue weighted by atomic mass is 16.1. The molecular formula is C11H13NO. The van der Waals surface area contributed by atoms with Crippen LogP contribution in [-0.4, -0.2) is 10.8 Å². The maximum atomic E-state index is 11.5. The van der Waals surface area contributed by atoms with E-state index in [1.165, 1.54) is 0 Å². The molecule has 1 saturated carbocycles. The molecule has 0 bridgehead atoms. The predicted octanol–water partition coefficient (Wildman–Crippen LogP) is 2.09. The van der Waals surface area contributed by atoms with Crippen LogP contribution in [0.4, 0.5) is 0 Å². The molecule has 0 aromatic carbocycles. The normalized spacial score (nSPS) is 19.2. The van der Waals surface area contributed by atoms with Gasteiger partial charge in [0, 0.05) is 12.4 Å². The van der Waals surface area contributed by atoms with Crippen LogP contribution in [0.1, 0.15) is 31.7 Å². The highest BCUT2D eigenvalue weighted by Crippen LogP contribution is 2.43. The number of ketones is 1. The lowest BCUT2D eigenvalue weighted by Gasteiger charge is -2.39. The van der Waals surface area contributed by atoms with E-state index in [0.29, 0.717) is 0 Å². The third-order valence-corrected chi connectivity index (χ3v) is 3.10. The van der Waals surface area contributed by atoms with E-state index in [9.17, 15) is 4.79 Å². The molecule has 0 saturated heterocycles. The Morgan fingerprint density at radius 2 is 2.31 bits per heavy atom. The molecule has 2 nitrogen and oxygen atoms in total. The van der Waals surface area contributed by atoms with Gasteiger partial charge in [-0.3, -0.25) is 9.78 Å². The number of carbonyl (C=O) groups is 1. The molecule has 0 amide bonds. The van der Waals surface area contributed by atoms with Crippen molar-refractivity contribution in [2.45, 2.75) is 31.6 Å². The van der Waals surface area contributed by atoms with Gasteiger partial charge in [0.1, 0.15) is 5.78 Å². The molecule has 1 aromatic rings. The molecule has 0 spiro atoms. The van der Waals surface area contributed by atoms with E-state index in [2.05, 4.69) is 4.98 Å². The molecule has 0 radical (unpaired) electrons. The minimum Gasteiger partial charge on any atom is -0.299 e. The first-order valence-electron chi connectivity index (χ1n) is 4.67. The number of Topliss-reactive ketones (excluding diaryl/α,β-unsaturated/α-hetero) is 1. The molecule has 0 unspecified atom stereocenters. The van der Waals surface area contributed by atoms with Crippen LogP contribution < -0.4 is 0 Å². The molecule has 1 aliphatic carbocycles. The fraction of sp³-hybridized carbons (Fsp3) is 0.455. The summed E-state index contributed by atoms with van der Waals surface area (Å²) >= 11 is 0. The first kappa shape index (κ1) is 8.42. The van der Waals surface area contributed by atoms with Crippen LogP contribution in [0.25, 0.3) is 0 Å². The van der Waals surface area contributed by atoms with E-state index in [1.54, 1.807) is 13.1 Å². The number of pyridine rings is 1. The number of rotatable bonds is 2. The lowest BCUT2D eigenvalue weighted by molar-refractivity contribution is -0.125. The standard InChI is InChI=1S/C11H13NO/c1-9(13)11(5-3-6-11)10-4-2-7-12-8-10/h2,4,7-8H,3,5-6H2,1H3. The van der Waals surface area contributed by atoms with Crippen LogP contribution in [0.15, 0.2) is 24.5 Å². The summed E-state index contributed by atoms with van der Waals surface area (Å²) in [5.41, 5.74) is 0.905. The van der Waals surface area contributed by atoms with Crippen LogP contribution in [0.5, 0.6) is 0 Å². The predicted molar refractivity (Wildman–Crippen MR) is 50.4 cm³/mol. The van der Waals surface area contributed by atoms with Crippen molar-refractivity contribution in [1.82, 2.24) is 4.98 Å². The average molecular weight is 175 g/mol. The molecule has 1 heterocycles. The fourth-order valence-electron chi connectivity index (χ4n) is 2.02. The lowest BCUT2D eigenvalue weighted by Crippen LogP contribution is -2.41. The van der Waals surface area contributed by atoms with Crippen molar-refractivity contribution >= 4 is 5.78 Å². The Hall–Kier alpha value is -1.18. The van der Waals surface area contributed by atoms with Gasteiger partial charge in [0.25, 0.3) is 0 Å². The third-order valence-electron chi connectivity index (χ3n) is 3.10. The summed E-state index contributed by atoms with van der Waals surface area (Å²) in [5.74, 6) is 0.284. The Balaban J connectivity index is 2.38. The third kappa shape index (κ3) is 1.17. The summed E-state index contributed by atoms with van der Waals surface area (Å²) in [6.45, 7) is 1.69. The summed E-state index contributed by atoms with van der Waals surface area (Å²) in [6.07, 6.45) is 6.72. The Kier molecular flexibility index (Phi) is 1.91. The second kappa shape index (κ2) is 2.95. The van der Waals surface area contributed by atoms with Crippen molar-refractivity contribution in [3.05, 3.63) is 30.1 Å². The van der Waals surface area contributed by atoms with E-state index in [0.717, 1.165) is 24.8 Å². The molecule has 1 fully saturated rings. The zero-order valence-electron chi connectivity index (χ0n) is 7.79. The first-order chi connectivity index (χ1) is 6.26. The summed E-state index contributed by atoms with van der Waals surface area (Å²) in [7, 11) is 0. The molecule has 0 aliphatic heterocycles. The number of carbonyl (C=O) groups excluding carboxylic acids is 1. The van der Waals surface area contributed by atoms with E-state index < -0.39 is 0 Å². The summed E-state index contributed by atoms with van der Waals surface area (Å²) in [4.78, 5) is 15.6. The van der Waals surface area contributed by atoms with Crippen molar-refractivity contribution in [3.63, 3.8) is 0 Å². The van der Waals surface area contributed by atoms with Crippen molar-refractivity contribution in [1.29, 1.82) is 0 Å². The molecule has 2 rings (SSSR count). The van der Waals surface area contributed by atoms with Gasteiger partial charge in [-0.05, 0) is 31.4 Å². The summed E-state index contributed by atoms with van der Waals surface area (Å²) < 4.78 is 0. The van der Waals surface area contributed by atoms with Gasteiger partial charge in [0.2, 0.25) is 0 Å². The van der Waals surface area contributed by atoms with Gasteiger partial charge in [-0.25, -0.2) is 0 Å². The highest BCUT2D eigenvalue weighted by molar-refractivity contribution is 5.88. The number of hydrogen-bond acceptors (Lipinski definition) is 2. The molecule has 13 heavy (non-hydrogen) atoms. The average Bonchev–Trinajstić information content (AvgIpc) is 2.03. The van der Waals surface area contributed by atoms with Gasteiger partial charge in [0.15, 0.2) is 0 Å². The van der Waals surface area contributed by atoms with Crippen LogP contribution in [0.2, 0.25) is 0 Å². The smallest absolute Gasteiger partial charge is 0.140 e. The fourth-order valence-corrected chi connectivity index (χ4v) is 2.02. The molecule has 2 heteroatoms. The number of nitrogens with zero attached hydrogens (tertiary/aromatic N) is 1. The van der Waals surface area contributed by atoms with Crippen LogP contribution in [-0.2, 0) is 10.2 Å². The van der Waals surface area contributed by atoms with Crippen LogP contribution in [0, 0.1) is 0 Å². The second-order valence-corrected chi connectivity index (χ2v) is 3.73. The van der Waals surface area contributed by atoms with Crippen molar-refractivity contribution < 1.29 is 4.79 Å². The largest absolute Gasteiger partial charge is 0.299 e. The number of hydrogen-bond donors (Lipinski definition) is 0. The molecule has 68 valence electrons. The zero-order chi connectivity index (χ0) is 9.31. The van der Waals surface area contributed by atoms with Crippen molar-refractivity contribution in [2.75, 3.05) is 0 Å². The van der Waals surface area contributed by atoms with E-state index in [4.69, 9.17) is 0 Å². The first-order valence-corrected chi connectivity index (χ1v) is 4.67. The minimum atomic E-state index is -0.186. The second-order valence-electron chi connectivity index (χ2n) is 3.73. The topological polar surface area (TPSA) is 30.0 Å². The van der Waals surface area contributed by atoms with Gasteiger partial charge < -0.3 is 0 Å². The van der Waals surface area contributed by atoms with Crippen molar-refractivity contribution in [2.24, 2.45) is 0 Å². The molecule has 0 atom stereocenters. The Morgan fingerprint density at radius 1 is 1.54 bits per heavy atom. The van der Waals surface area contributed by atoms with Gasteiger partial charge >= 0.3 is 0 Å². The number of aromatic nitrogens is 1.